The highest BCUT2D eigenvalue weighted by atomic mass is 16.1. The molecule has 0 aliphatic heterocycles. The Kier molecular flexibility index (Phi) is 3.69. The summed E-state index contributed by atoms with van der Waals surface area (Å²) in [6.45, 7) is 10.1. The lowest BCUT2D eigenvalue weighted by molar-refractivity contribution is -0.119. The van der Waals surface area contributed by atoms with Crippen LogP contribution in [0.4, 0.5) is 0 Å². The Hall–Kier alpha value is -2.10. The van der Waals surface area contributed by atoms with Gasteiger partial charge >= 0.3 is 0 Å². The highest BCUT2D eigenvalue weighted by Gasteiger charge is 2.16. The van der Waals surface area contributed by atoms with Crippen molar-refractivity contribution in [1.82, 2.24) is 14.9 Å². The summed E-state index contributed by atoms with van der Waals surface area (Å²) in [6.07, 6.45) is 0. The molecule has 0 fully saturated rings. The minimum atomic E-state index is -0.121. The highest BCUT2D eigenvalue weighted by molar-refractivity contribution is 5.77. The molecule has 4 heteroatoms. The maximum absolute atomic E-state index is 11.2. The largest absolute Gasteiger partial charge is 0.347 e. The number of nitrogens with zero attached hydrogens (tertiary/aromatic N) is 2. The van der Waals surface area contributed by atoms with Gasteiger partial charge in [-0.3, -0.25) is 4.79 Å². The lowest BCUT2D eigenvalue weighted by Gasteiger charge is -2.15. The van der Waals surface area contributed by atoms with Crippen LogP contribution in [-0.4, -0.2) is 15.5 Å². The van der Waals surface area contributed by atoms with E-state index >= 15 is 0 Å². The van der Waals surface area contributed by atoms with Crippen molar-refractivity contribution in [3.05, 3.63) is 42.2 Å². The lowest BCUT2D eigenvalue weighted by Crippen LogP contribution is -2.26. The molecule has 0 aliphatic carbocycles. The van der Waals surface area contributed by atoms with E-state index in [4.69, 9.17) is 0 Å². The van der Waals surface area contributed by atoms with Crippen LogP contribution in [0.2, 0.25) is 0 Å². The average Bonchev–Trinajstić information content (AvgIpc) is 2.67. The first-order chi connectivity index (χ1) is 8.99. The molecule has 1 aromatic carbocycles. The number of rotatable bonds is 4. The van der Waals surface area contributed by atoms with Crippen LogP contribution in [-0.2, 0) is 11.3 Å². The molecular formula is C15H19N3O. The molecule has 0 saturated heterocycles. The quantitative estimate of drug-likeness (QED) is 0.856. The third-order valence-corrected chi connectivity index (χ3v) is 2.92. The molecule has 0 radical (unpaired) electrons. The van der Waals surface area contributed by atoms with Crippen LogP contribution in [0.3, 0.4) is 0 Å². The van der Waals surface area contributed by atoms with E-state index in [1.165, 1.54) is 6.92 Å². The van der Waals surface area contributed by atoms with Gasteiger partial charge in [0, 0.05) is 13.5 Å². The van der Waals surface area contributed by atoms with E-state index in [0.29, 0.717) is 6.54 Å². The van der Waals surface area contributed by atoms with E-state index in [-0.39, 0.29) is 11.9 Å². The van der Waals surface area contributed by atoms with Gasteiger partial charge in [-0.2, -0.15) is 0 Å². The molecule has 1 heterocycles. The standard InChI is InChI=1S/C15H19N3O/c1-10(2)9-18-14-8-6-5-7-13(14)17-15(18)11(3)16-12(4)19/h5-8,11H,1,9H2,2-4H3,(H,16,19)/t11-/m0/s1. The van der Waals surface area contributed by atoms with Crippen LogP contribution in [0.1, 0.15) is 32.6 Å². The summed E-state index contributed by atoms with van der Waals surface area (Å²) in [5.74, 6) is 0.806. The molecule has 0 aliphatic rings. The number of hydrogen-bond acceptors (Lipinski definition) is 2. The molecule has 1 aromatic heterocycles. The summed E-state index contributed by atoms with van der Waals surface area (Å²) in [7, 11) is 0. The van der Waals surface area contributed by atoms with Crippen LogP contribution in [0.15, 0.2) is 36.4 Å². The van der Waals surface area contributed by atoms with Crippen LogP contribution >= 0.6 is 0 Å². The number of hydrogen-bond donors (Lipinski definition) is 1. The number of allylic oxidation sites excluding steroid dienone is 1. The number of carbonyl (C=O) groups is 1. The maximum atomic E-state index is 11.2. The van der Waals surface area contributed by atoms with Crippen molar-refractivity contribution in [3.63, 3.8) is 0 Å². The minimum absolute atomic E-state index is 0.0542. The average molecular weight is 257 g/mol. The van der Waals surface area contributed by atoms with E-state index in [2.05, 4.69) is 21.4 Å². The number of amides is 1. The van der Waals surface area contributed by atoms with Gasteiger partial charge in [-0.05, 0) is 26.0 Å². The number of para-hydroxylation sites is 2. The number of benzene rings is 1. The van der Waals surface area contributed by atoms with Crippen LogP contribution < -0.4 is 5.32 Å². The van der Waals surface area contributed by atoms with Crippen molar-refractivity contribution in [1.29, 1.82) is 0 Å². The first kappa shape index (κ1) is 13.3. The molecular weight excluding hydrogens is 238 g/mol. The van der Waals surface area contributed by atoms with E-state index in [0.717, 1.165) is 22.4 Å². The monoisotopic (exact) mass is 257 g/mol. The van der Waals surface area contributed by atoms with Crippen molar-refractivity contribution in [3.8, 4) is 0 Å². The summed E-state index contributed by atoms with van der Waals surface area (Å²) in [4.78, 5) is 15.8. The van der Waals surface area contributed by atoms with Crippen LogP contribution in [0, 0.1) is 0 Å². The molecule has 2 rings (SSSR count). The first-order valence-corrected chi connectivity index (χ1v) is 6.35. The maximum Gasteiger partial charge on any atom is 0.217 e. The van der Waals surface area contributed by atoms with Gasteiger partial charge in [-0.15, -0.1) is 0 Å². The summed E-state index contributed by atoms with van der Waals surface area (Å²) in [5.41, 5.74) is 3.06. The Bertz CT molecular complexity index is 627. The predicted octanol–water partition coefficient (Wildman–Crippen LogP) is 2.81. The van der Waals surface area contributed by atoms with Crippen LogP contribution in [0.25, 0.3) is 11.0 Å². The number of aromatic nitrogens is 2. The number of imidazole rings is 1. The highest BCUT2D eigenvalue weighted by Crippen LogP contribution is 2.21. The summed E-state index contributed by atoms with van der Waals surface area (Å²) < 4.78 is 2.11. The fourth-order valence-electron chi connectivity index (χ4n) is 2.23. The SMILES string of the molecule is C=C(C)Cn1c([C@H](C)NC(C)=O)nc2ccccc21. The van der Waals surface area contributed by atoms with Gasteiger partial charge in [0.1, 0.15) is 5.82 Å². The zero-order valence-electron chi connectivity index (χ0n) is 11.6. The minimum Gasteiger partial charge on any atom is -0.347 e. The Morgan fingerprint density at radius 3 is 2.74 bits per heavy atom. The molecule has 1 N–H and O–H groups in total. The lowest BCUT2D eigenvalue weighted by atomic mass is 10.2. The van der Waals surface area contributed by atoms with Crippen molar-refractivity contribution < 1.29 is 4.79 Å². The van der Waals surface area contributed by atoms with Gasteiger partial charge < -0.3 is 9.88 Å². The second-order valence-corrected chi connectivity index (χ2v) is 4.92. The fraction of sp³-hybridized carbons (Fsp3) is 0.333. The second-order valence-electron chi connectivity index (χ2n) is 4.92. The number of fused-ring (bicyclic) bond motifs is 1. The Labute approximate surface area is 113 Å². The summed E-state index contributed by atoms with van der Waals surface area (Å²) in [5, 5.41) is 2.88. The molecule has 0 spiro atoms. The van der Waals surface area contributed by atoms with Gasteiger partial charge in [0.05, 0.1) is 17.1 Å². The molecule has 19 heavy (non-hydrogen) atoms. The van der Waals surface area contributed by atoms with Crippen LogP contribution in [0.5, 0.6) is 0 Å². The van der Waals surface area contributed by atoms with E-state index in [1.807, 2.05) is 38.1 Å². The Morgan fingerprint density at radius 2 is 2.11 bits per heavy atom. The second kappa shape index (κ2) is 5.26. The topological polar surface area (TPSA) is 46.9 Å². The van der Waals surface area contributed by atoms with Crippen molar-refractivity contribution in [2.24, 2.45) is 0 Å². The molecule has 1 atom stereocenters. The summed E-state index contributed by atoms with van der Waals surface area (Å²) in [6, 6.07) is 7.85. The normalized spacial score (nSPS) is 12.4. The molecule has 0 saturated carbocycles. The van der Waals surface area contributed by atoms with Gasteiger partial charge in [0.2, 0.25) is 5.91 Å². The smallest absolute Gasteiger partial charge is 0.217 e. The molecule has 2 aromatic rings. The van der Waals surface area contributed by atoms with Gasteiger partial charge in [-0.25, -0.2) is 4.98 Å². The number of nitrogens with one attached hydrogen (secondary N) is 1. The Balaban J connectivity index is 2.51. The summed E-state index contributed by atoms with van der Waals surface area (Å²) >= 11 is 0. The van der Waals surface area contributed by atoms with E-state index in [9.17, 15) is 4.79 Å². The molecule has 4 nitrogen and oxygen atoms in total. The third-order valence-electron chi connectivity index (χ3n) is 2.92. The van der Waals surface area contributed by atoms with Crippen molar-refractivity contribution >= 4 is 16.9 Å². The van der Waals surface area contributed by atoms with Gasteiger partial charge in [0.25, 0.3) is 0 Å². The first-order valence-electron chi connectivity index (χ1n) is 6.35. The fourth-order valence-corrected chi connectivity index (χ4v) is 2.23. The Morgan fingerprint density at radius 1 is 1.42 bits per heavy atom. The van der Waals surface area contributed by atoms with Crippen molar-refractivity contribution in [2.45, 2.75) is 33.4 Å². The molecule has 100 valence electrons. The predicted molar refractivity (Wildman–Crippen MR) is 76.8 cm³/mol. The van der Waals surface area contributed by atoms with E-state index in [1.54, 1.807) is 0 Å². The van der Waals surface area contributed by atoms with Crippen molar-refractivity contribution in [2.75, 3.05) is 0 Å². The third kappa shape index (κ3) is 2.84. The van der Waals surface area contributed by atoms with E-state index < -0.39 is 0 Å². The zero-order valence-corrected chi connectivity index (χ0v) is 11.6. The number of carbonyl (C=O) groups excluding carboxylic acids is 1. The molecule has 1 amide bonds. The van der Waals surface area contributed by atoms with Gasteiger partial charge in [0.15, 0.2) is 0 Å². The van der Waals surface area contributed by atoms with Gasteiger partial charge in [-0.1, -0.05) is 24.3 Å². The molecule has 0 bridgehead atoms. The molecule has 0 unspecified atom stereocenters. The zero-order chi connectivity index (χ0) is 14.0.